The van der Waals surface area contributed by atoms with Crippen molar-refractivity contribution in [2.24, 2.45) is 0 Å². The maximum atomic E-state index is 12.1. The van der Waals surface area contributed by atoms with Crippen LogP contribution in [0.4, 0.5) is 0 Å². The number of aromatic nitrogens is 2. The number of imidazole rings is 1. The van der Waals surface area contributed by atoms with E-state index in [-0.39, 0.29) is 17.3 Å². The van der Waals surface area contributed by atoms with E-state index in [1.807, 2.05) is 6.07 Å². The van der Waals surface area contributed by atoms with Crippen LogP contribution in [0.1, 0.15) is 44.9 Å². The Morgan fingerprint density at radius 2 is 2.14 bits per heavy atom. The minimum Gasteiger partial charge on any atom is -0.478 e. The van der Waals surface area contributed by atoms with Crippen LogP contribution in [0.25, 0.3) is 0 Å². The van der Waals surface area contributed by atoms with Crippen LogP contribution in [0.15, 0.2) is 30.6 Å². The van der Waals surface area contributed by atoms with Gasteiger partial charge in [0, 0.05) is 12.4 Å². The number of hydrogen-bond donors (Lipinski definition) is 3. The van der Waals surface area contributed by atoms with Gasteiger partial charge < -0.3 is 15.4 Å². The van der Waals surface area contributed by atoms with Gasteiger partial charge in [-0.05, 0) is 37.0 Å². The Bertz CT molecular complexity index is 703. The maximum absolute atomic E-state index is 12.1. The van der Waals surface area contributed by atoms with E-state index in [9.17, 15) is 9.59 Å². The Hall–Kier alpha value is -2.63. The summed E-state index contributed by atoms with van der Waals surface area (Å²) in [6.07, 6.45) is 4.80. The molecule has 6 heteroatoms. The first kappa shape index (κ1) is 13.4. The summed E-state index contributed by atoms with van der Waals surface area (Å²) in [5, 5.41) is 12.0. The summed E-state index contributed by atoms with van der Waals surface area (Å²) in [5.74, 6) is -0.916. The number of aromatic amines is 1. The first-order valence-electron chi connectivity index (χ1n) is 6.68. The lowest BCUT2D eigenvalue weighted by atomic mass is 9.98. The molecule has 1 aromatic heterocycles. The number of carboxylic acid groups (broad SMARTS) is 1. The first-order valence-corrected chi connectivity index (χ1v) is 6.68. The number of amides is 1. The van der Waals surface area contributed by atoms with Gasteiger partial charge in [-0.3, -0.25) is 4.79 Å². The fourth-order valence-electron chi connectivity index (χ4n) is 2.48. The van der Waals surface area contributed by atoms with Gasteiger partial charge in [0.1, 0.15) is 0 Å². The predicted octanol–water partition coefficient (Wildman–Crippen LogP) is 1.84. The van der Waals surface area contributed by atoms with E-state index in [0.29, 0.717) is 5.56 Å². The summed E-state index contributed by atoms with van der Waals surface area (Å²) < 4.78 is 0. The van der Waals surface area contributed by atoms with Crippen molar-refractivity contribution in [2.45, 2.75) is 25.3 Å². The first-order chi connectivity index (χ1) is 10.0. The zero-order valence-corrected chi connectivity index (χ0v) is 11.5. The summed E-state index contributed by atoms with van der Waals surface area (Å²) >= 11 is 0. The fraction of sp³-hybridized carbons (Fsp3) is 0.267. The van der Waals surface area contributed by atoms with E-state index >= 15 is 0 Å². The van der Waals surface area contributed by atoms with Crippen LogP contribution in [0.2, 0.25) is 0 Å². The van der Waals surface area contributed by atoms with Crippen LogP contribution < -0.4 is 5.32 Å². The third kappa shape index (κ3) is 2.40. The number of carboxylic acids is 1. The van der Waals surface area contributed by atoms with Crippen molar-refractivity contribution in [1.82, 2.24) is 15.3 Å². The number of carbonyl (C=O) groups is 2. The van der Waals surface area contributed by atoms with Crippen molar-refractivity contribution in [3.63, 3.8) is 0 Å². The van der Waals surface area contributed by atoms with Crippen molar-refractivity contribution < 1.29 is 14.7 Å². The number of hydrogen-bond acceptors (Lipinski definition) is 3. The van der Waals surface area contributed by atoms with E-state index in [1.165, 1.54) is 6.20 Å². The van der Waals surface area contributed by atoms with Crippen molar-refractivity contribution in [3.8, 4) is 0 Å². The standard InChI is InChI=1S/C15H15N3O3/c1-9-8-10(2-3-11(9)14(20)21)15(4-5-15)18-13(19)12-16-6-7-17-12/h2-3,6-8H,4-5H2,1H3,(H,16,17)(H,18,19)(H,20,21). The molecule has 1 amide bonds. The summed E-state index contributed by atoms with van der Waals surface area (Å²) in [4.78, 5) is 29.8. The number of carbonyl (C=O) groups excluding carboxylic acids is 1. The zero-order chi connectivity index (χ0) is 15.0. The van der Waals surface area contributed by atoms with E-state index in [0.717, 1.165) is 18.4 Å². The van der Waals surface area contributed by atoms with Crippen LogP contribution in [0, 0.1) is 6.92 Å². The largest absolute Gasteiger partial charge is 0.478 e. The second-order valence-electron chi connectivity index (χ2n) is 5.31. The molecule has 0 unspecified atom stereocenters. The summed E-state index contributed by atoms with van der Waals surface area (Å²) in [6.45, 7) is 1.76. The highest BCUT2D eigenvalue weighted by Crippen LogP contribution is 2.46. The molecule has 1 aliphatic rings. The SMILES string of the molecule is Cc1cc(C2(NC(=O)c3ncc[nH]3)CC2)ccc1C(=O)O. The normalized spacial score (nSPS) is 15.5. The second kappa shape index (κ2) is 4.73. The topological polar surface area (TPSA) is 95.1 Å². The van der Waals surface area contributed by atoms with Crippen molar-refractivity contribution >= 4 is 11.9 Å². The molecular formula is C15H15N3O3. The monoisotopic (exact) mass is 285 g/mol. The number of H-pyrrole nitrogens is 1. The maximum Gasteiger partial charge on any atom is 0.335 e. The molecular weight excluding hydrogens is 270 g/mol. The van der Waals surface area contributed by atoms with Gasteiger partial charge in [-0.2, -0.15) is 0 Å². The van der Waals surface area contributed by atoms with Gasteiger partial charge in [0.05, 0.1) is 11.1 Å². The van der Waals surface area contributed by atoms with Gasteiger partial charge in [0.2, 0.25) is 0 Å². The smallest absolute Gasteiger partial charge is 0.335 e. The molecule has 0 spiro atoms. The molecule has 1 heterocycles. The quantitative estimate of drug-likeness (QED) is 0.798. The van der Waals surface area contributed by atoms with Gasteiger partial charge in [-0.1, -0.05) is 12.1 Å². The highest BCUT2D eigenvalue weighted by Gasteiger charge is 2.46. The molecule has 0 saturated heterocycles. The Labute approximate surface area is 121 Å². The molecule has 108 valence electrons. The van der Waals surface area contributed by atoms with Gasteiger partial charge in [0.15, 0.2) is 5.82 Å². The van der Waals surface area contributed by atoms with E-state index in [4.69, 9.17) is 5.11 Å². The third-order valence-corrected chi connectivity index (χ3v) is 3.83. The Morgan fingerprint density at radius 1 is 1.38 bits per heavy atom. The van der Waals surface area contributed by atoms with Crippen LogP contribution in [0.5, 0.6) is 0 Å². The Kier molecular flexibility index (Phi) is 3.01. The third-order valence-electron chi connectivity index (χ3n) is 3.83. The molecule has 1 fully saturated rings. The number of rotatable bonds is 4. The minimum atomic E-state index is -0.941. The highest BCUT2D eigenvalue weighted by atomic mass is 16.4. The number of benzene rings is 1. The van der Waals surface area contributed by atoms with Crippen molar-refractivity contribution in [2.75, 3.05) is 0 Å². The molecule has 6 nitrogen and oxygen atoms in total. The molecule has 1 aromatic carbocycles. The molecule has 0 radical (unpaired) electrons. The summed E-state index contributed by atoms with van der Waals surface area (Å²) in [5.41, 5.74) is 1.52. The van der Waals surface area contributed by atoms with Crippen molar-refractivity contribution in [1.29, 1.82) is 0 Å². The lowest BCUT2D eigenvalue weighted by molar-refractivity contribution is 0.0695. The van der Waals surface area contributed by atoms with E-state index in [2.05, 4.69) is 15.3 Å². The molecule has 21 heavy (non-hydrogen) atoms. The molecule has 1 aliphatic carbocycles. The van der Waals surface area contributed by atoms with Crippen molar-refractivity contribution in [3.05, 3.63) is 53.1 Å². The number of aromatic carboxylic acids is 1. The molecule has 1 saturated carbocycles. The lowest BCUT2D eigenvalue weighted by Crippen LogP contribution is -2.35. The van der Waals surface area contributed by atoms with Crippen LogP contribution in [-0.2, 0) is 5.54 Å². The minimum absolute atomic E-state index is 0.252. The summed E-state index contributed by atoms with van der Waals surface area (Å²) in [6, 6.07) is 5.19. The number of aryl methyl sites for hydroxylation is 1. The van der Waals surface area contributed by atoms with Crippen LogP contribution >= 0.6 is 0 Å². The zero-order valence-electron chi connectivity index (χ0n) is 11.5. The van der Waals surface area contributed by atoms with Gasteiger partial charge in [-0.25, -0.2) is 9.78 Å². The number of nitrogens with zero attached hydrogens (tertiary/aromatic N) is 1. The summed E-state index contributed by atoms with van der Waals surface area (Å²) in [7, 11) is 0. The molecule has 0 atom stereocenters. The van der Waals surface area contributed by atoms with E-state index < -0.39 is 11.5 Å². The van der Waals surface area contributed by atoms with Crippen LogP contribution in [0.3, 0.4) is 0 Å². The Balaban J connectivity index is 1.84. The number of nitrogens with one attached hydrogen (secondary N) is 2. The highest BCUT2D eigenvalue weighted by molar-refractivity contribution is 5.92. The second-order valence-corrected chi connectivity index (χ2v) is 5.31. The lowest BCUT2D eigenvalue weighted by Gasteiger charge is -2.18. The average molecular weight is 285 g/mol. The van der Waals surface area contributed by atoms with Crippen LogP contribution in [-0.4, -0.2) is 27.0 Å². The van der Waals surface area contributed by atoms with Gasteiger partial charge >= 0.3 is 5.97 Å². The molecule has 3 N–H and O–H groups in total. The van der Waals surface area contributed by atoms with Gasteiger partial charge in [-0.15, -0.1) is 0 Å². The fourth-order valence-corrected chi connectivity index (χ4v) is 2.48. The predicted molar refractivity (Wildman–Crippen MR) is 75.1 cm³/mol. The Morgan fingerprint density at radius 3 is 2.67 bits per heavy atom. The molecule has 0 aliphatic heterocycles. The van der Waals surface area contributed by atoms with Gasteiger partial charge in [0.25, 0.3) is 5.91 Å². The molecule has 0 bridgehead atoms. The molecule has 2 aromatic rings. The van der Waals surface area contributed by atoms with E-state index in [1.54, 1.807) is 25.3 Å². The molecule has 3 rings (SSSR count). The average Bonchev–Trinajstić information content (AvgIpc) is 3.01.